The van der Waals surface area contributed by atoms with Crippen LogP contribution in [0.1, 0.15) is 77.6 Å². The van der Waals surface area contributed by atoms with Crippen molar-refractivity contribution in [3.8, 4) is 0 Å². The SMILES string of the molecule is CCCCC1CCC(C(=O)Nc2nnc(SCC(=O)NC3CCCC3)s2)CC1. The van der Waals surface area contributed by atoms with Crippen LogP contribution < -0.4 is 10.6 Å². The molecule has 2 N–H and O–H groups in total. The van der Waals surface area contributed by atoms with Gasteiger partial charge in [-0.2, -0.15) is 0 Å². The zero-order valence-corrected chi connectivity index (χ0v) is 18.4. The molecule has 2 amide bonds. The Balaban J connectivity index is 1.37. The Kier molecular flexibility index (Phi) is 8.58. The fraction of sp³-hybridized carbons (Fsp3) is 0.800. The second kappa shape index (κ2) is 11.1. The number of rotatable bonds is 9. The van der Waals surface area contributed by atoms with E-state index >= 15 is 0 Å². The van der Waals surface area contributed by atoms with Crippen LogP contribution in [0.15, 0.2) is 4.34 Å². The number of hydrogen-bond donors (Lipinski definition) is 2. The Morgan fingerprint density at radius 3 is 2.57 bits per heavy atom. The van der Waals surface area contributed by atoms with Crippen molar-refractivity contribution in [3.63, 3.8) is 0 Å². The van der Waals surface area contributed by atoms with Gasteiger partial charge in [0.05, 0.1) is 5.75 Å². The van der Waals surface area contributed by atoms with Gasteiger partial charge in [0.1, 0.15) is 0 Å². The van der Waals surface area contributed by atoms with E-state index in [1.54, 1.807) is 0 Å². The van der Waals surface area contributed by atoms with Gasteiger partial charge in [-0.25, -0.2) is 0 Å². The normalized spacial score (nSPS) is 22.9. The van der Waals surface area contributed by atoms with Gasteiger partial charge in [0.2, 0.25) is 16.9 Å². The average molecular weight is 425 g/mol. The first-order chi connectivity index (χ1) is 13.6. The Bertz CT molecular complexity index is 638. The summed E-state index contributed by atoms with van der Waals surface area (Å²) in [5.74, 6) is 1.36. The van der Waals surface area contributed by atoms with E-state index < -0.39 is 0 Å². The maximum atomic E-state index is 12.5. The summed E-state index contributed by atoms with van der Waals surface area (Å²) in [6.45, 7) is 2.23. The van der Waals surface area contributed by atoms with Crippen molar-refractivity contribution in [1.29, 1.82) is 0 Å². The molecule has 8 heteroatoms. The topological polar surface area (TPSA) is 84.0 Å². The van der Waals surface area contributed by atoms with Crippen molar-refractivity contribution >= 4 is 40.0 Å². The van der Waals surface area contributed by atoms with Gasteiger partial charge in [-0.05, 0) is 44.4 Å². The van der Waals surface area contributed by atoms with Gasteiger partial charge in [-0.3, -0.25) is 9.59 Å². The highest BCUT2D eigenvalue weighted by Crippen LogP contribution is 2.33. The number of nitrogens with one attached hydrogen (secondary N) is 2. The van der Waals surface area contributed by atoms with Crippen LogP contribution in [0.5, 0.6) is 0 Å². The highest BCUT2D eigenvalue weighted by atomic mass is 32.2. The number of hydrogen-bond acceptors (Lipinski definition) is 6. The number of amides is 2. The molecule has 2 aliphatic carbocycles. The quantitative estimate of drug-likeness (QED) is 0.446. The highest BCUT2D eigenvalue weighted by Gasteiger charge is 2.26. The number of unbranched alkanes of at least 4 members (excludes halogenated alkanes) is 1. The maximum absolute atomic E-state index is 12.5. The predicted octanol–water partition coefficient (Wildman–Crippen LogP) is 4.62. The van der Waals surface area contributed by atoms with E-state index in [9.17, 15) is 9.59 Å². The molecule has 0 atom stereocenters. The van der Waals surface area contributed by atoms with E-state index in [-0.39, 0.29) is 17.7 Å². The van der Waals surface area contributed by atoms with Crippen LogP contribution in [0.25, 0.3) is 0 Å². The first-order valence-corrected chi connectivity index (χ1v) is 12.5. The molecule has 1 aromatic heterocycles. The summed E-state index contributed by atoms with van der Waals surface area (Å²) in [5, 5.41) is 14.7. The lowest BCUT2D eigenvalue weighted by atomic mass is 9.79. The van der Waals surface area contributed by atoms with Crippen LogP contribution in [0.3, 0.4) is 0 Å². The molecule has 2 saturated carbocycles. The number of nitrogens with zero attached hydrogens (tertiary/aromatic N) is 2. The minimum atomic E-state index is 0.0533. The molecule has 0 aliphatic heterocycles. The summed E-state index contributed by atoms with van der Waals surface area (Å²) in [6, 6.07) is 0.342. The first kappa shape index (κ1) is 21.6. The predicted molar refractivity (Wildman–Crippen MR) is 115 cm³/mol. The highest BCUT2D eigenvalue weighted by molar-refractivity contribution is 8.01. The third-order valence-electron chi connectivity index (χ3n) is 5.87. The van der Waals surface area contributed by atoms with Gasteiger partial charge in [-0.1, -0.05) is 62.1 Å². The molecule has 0 aromatic carbocycles. The number of carbonyl (C=O) groups excluding carboxylic acids is 2. The third kappa shape index (κ3) is 6.72. The van der Waals surface area contributed by atoms with Crippen LogP contribution in [-0.2, 0) is 9.59 Å². The van der Waals surface area contributed by atoms with Gasteiger partial charge < -0.3 is 10.6 Å². The summed E-state index contributed by atoms with van der Waals surface area (Å²) < 4.78 is 0.722. The second-order valence-corrected chi connectivity index (χ2v) is 10.3. The zero-order valence-electron chi connectivity index (χ0n) is 16.7. The summed E-state index contributed by atoms with van der Waals surface area (Å²) in [6.07, 6.45) is 12.7. The molecule has 0 saturated heterocycles. The number of aromatic nitrogens is 2. The maximum Gasteiger partial charge on any atom is 0.230 e. The van der Waals surface area contributed by atoms with Crippen molar-refractivity contribution in [2.24, 2.45) is 11.8 Å². The smallest absolute Gasteiger partial charge is 0.230 e. The molecule has 1 aromatic rings. The molecule has 3 rings (SSSR count). The first-order valence-electron chi connectivity index (χ1n) is 10.7. The molecule has 0 bridgehead atoms. The zero-order chi connectivity index (χ0) is 19.8. The average Bonchev–Trinajstić information content (AvgIpc) is 3.37. The fourth-order valence-corrected chi connectivity index (χ4v) is 5.77. The Morgan fingerprint density at radius 2 is 1.86 bits per heavy atom. The van der Waals surface area contributed by atoms with Gasteiger partial charge in [0.15, 0.2) is 4.34 Å². The lowest BCUT2D eigenvalue weighted by Gasteiger charge is -2.27. The van der Waals surface area contributed by atoms with Crippen molar-refractivity contribution < 1.29 is 9.59 Å². The standard InChI is InChI=1S/C20H32N4O2S2/c1-2-3-6-14-9-11-15(12-10-14)18(26)22-19-23-24-20(28-19)27-13-17(25)21-16-7-4-5-8-16/h14-16H,2-13H2,1H3,(H,21,25)(H,22,23,26). The van der Waals surface area contributed by atoms with Crippen LogP contribution in [0, 0.1) is 11.8 Å². The van der Waals surface area contributed by atoms with Crippen LogP contribution >= 0.6 is 23.1 Å². The molecule has 0 unspecified atom stereocenters. The minimum absolute atomic E-state index is 0.0533. The molecule has 2 fully saturated rings. The number of carbonyl (C=O) groups is 2. The fourth-order valence-electron chi connectivity index (χ4n) is 4.20. The summed E-state index contributed by atoms with van der Waals surface area (Å²) in [5.41, 5.74) is 0. The lowest BCUT2D eigenvalue weighted by molar-refractivity contribution is -0.121. The monoisotopic (exact) mass is 424 g/mol. The molecule has 2 aliphatic rings. The molecule has 0 spiro atoms. The van der Waals surface area contributed by atoms with E-state index in [1.165, 1.54) is 55.2 Å². The van der Waals surface area contributed by atoms with Crippen molar-refractivity contribution in [3.05, 3.63) is 0 Å². The molecular formula is C20H32N4O2S2. The molecule has 1 heterocycles. The van der Waals surface area contributed by atoms with Crippen LogP contribution in [0.2, 0.25) is 0 Å². The molecule has 6 nitrogen and oxygen atoms in total. The lowest BCUT2D eigenvalue weighted by Crippen LogP contribution is -2.33. The van der Waals surface area contributed by atoms with Crippen molar-refractivity contribution in [1.82, 2.24) is 15.5 Å². The van der Waals surface area contributed by atoms with E-state index in [1.807, 2.05) is 0 Å². The Morgan fingerprint density at radius 1 is 1.11 bits per heavy atom. The molecular weight excluding hydrogens is 392 g/mol. The van der Waals surface area contributed by atoms with Crippen LogP contribution in [-0.4, -0.2) is 33.8 Å². The number of anilines is 1. The van der Waals surface area contributed by atoms with Gasteiger partial charge in [0.25, 0.3) is 0 Å². The second-order valence-electron chi connectivity index (χ2n) is 8.06. The van der Waals surface area contributed by atoms with Crippen LogP contribution in [0.4, 0.5) is 5.13 Å². The van der Waals surface area contributed by atoms with E-state index in [2.05, 4.69) is 27.8 Å². The summed E-state index contributed by atoms with van der Waals surface area (Å²) in [7, 11) is 0. The molecule has 28 heavy (non-hydrogen) atoms. The Hall–Kier alpha value is -1.15. The number of thioether (sulfide) groups is 1. The van der Waals surface area contributed by atoms with Gasteiger partial charge >= 0.3 is 0 Å². The molecule has 156 valence electrons. The third-order valence-corrected chi connectivity index (χ3v) is 7.84. The van der Waals surface area contributed by atoms with E-state index in [4.69, 9.17) is 0 Å². The summed E-state index contributed by atoms with van der Waals surface area (Å²) >= 11 is 2.74. The van der Waals surface area contributed by atoms with Gasteiger partial charge in [0, 0.05) is 12.0 Å². The minimum Gasteiger partial charge on any atom is -0.353 e. The van der Waals surface area contributed by atoms with Crippen molar-refractivity contribution in [2.45, 2.75) is 87.9 Å². The van der Waals surface area contributed by atoms with Crippen molar-refractivity contribution in [2.75, 3.05) is 11.1 Å². The summed E-state index contributed by atoms with van der Waals surface area (Å²) in [4.78, 5) is 24.5. The molecule has 0 radical (unpaired) electrons. The van der Waals surface area contributed by atoms with E-state index in [0.29, 0.717) is 16.9 Å². The van der Waals surface area contributed by atoms with Gasteiger partial charge in [-0.15, -0.1) is 10.2 Å². The van der Waals surface area contributed by atoms with E-state index in [0.717, 1.165) is 48.8 Å². The Labute approximate surface area is 176 Å². The largest absolute Gasteiger partial charge is 0.353 e.